The summed E-state index contributed by atoms with van der Waals surface area (Å²) in [4.78, 5) is 26.7. The number of nitrogens with zero attached hydrogens (tertiary/aromatic N) is 1. The highest BCUT2D eigenvalue weighted by Gasteiger charge is 2.34. The number of carbonyl (C=O) groups excluding carboxylic acids is 1. The highest BCUT2D eigenvalue weighted by Crippen LogP contribution is 2.45. The molecular formula is C31H42N2O6. The van der Waals surface area contributed by atoms with Gasteiger partial charge in [0.15, 0.2) is 0 Å². The van der Waals surface area contributed by atoms with E-state index in [1.165, 1.54) is 0 Å². The number of aliphatic carboxylic acids is 1. The summed E-state index contributed by atoms with van der Waals surface area (Å²) in [6.45, 7) is 6.39. The van der Waals surface area contributed by atoms with Crippen molar-refractivity contribution < 1.29 is 29.3 Å². The number of rotatable bonds is 13. The number of amides is 1. The Morgan fingerprint density at radius 1 is 1.08 bits per heavy atom. The maximum Gasteiger partial charge on any atom is 0.303 e. The molecule has 1 saturated carbocycles. The molecule has 1 unspecified atom stereocenters. The molecule has 2 fully saturated rings. The summed E-state index contributed by atoms with van der Waals surface area (Å²) in [5.41, 5.74) is 2.11. The van der Waals surface area contributed by atoms with Crippen LogP contribution in [0.3, 0.4) is 0 Å². The molecule has 1 aliphatic heterocycles. The first-order chi connectivity index (χ1) is 18.7. The van der Waals surface area contributed by atoms with Gasteiger partial charge in [-0.15, -0.1) is 0 Å². The molecule has 0 spiro atoms. The maximum atomic E-state index is 13.1. The summed E-state index contributed by atoms with van der Waals surface area (Å²) < 4.78 is 11.6. The first kappa shape index (κ1) is 28.7. The Morgan fingerprint density at radius 3 is 2.46 bits per heavy atom. The van der Waals surface area contributed by atoms with E-state index in [2.05, 4.69) is 10.2 Å². The van der Waals surface area contributed by atoms with Crippen LogP contribution < -0.4 is 19.7 Å². The molecule has 3 N–H and O–H groups in total. The Kier molecular flexibility index (Phi) is 9.38. The van der Waals surface area contributed by atoms with Gasteiger partial charge in [0.25, 0.3) is 5.91 Å². The van der Waals surface area contributed by atoms with Crippen LogP contribution in [0.5, 0.6) is 11.5 Å². The molecule has 0 aromatic heterocycles. The van der Waals surface area contributed by atoms with E-state index in [1.807, 2.05) is 44.2 Å². The molecule has 8 heteroatoms. The van der Waals surface area contributed by atoms with Crippen LogP contribution in [0, 0.1) is 17.3 Å². The lowest BCUT2D eigenvalue weighted by Crippen LogP contribution is -2.39. The predicted molar refractivity (Wildman–Crippen MR) is 151 cm³/mol. The third-order valence-corrected chi connectivity index (χ3v) is 7.92. The van der Waals surface area contributed by atoms with Crippen molar-refractivity contribution in [2.24, 2.45) is 17.3 Å². The van der Waals surface area contributed by atoms with Gasteiger partial charge < -0.3 is 29.9 Å². The van der Waals surface area contributed by atoms with Gasteiger partial charge in [0.1, 0.15) is 11.5 Å². The molecule has 4 rings (SSSR count). The van der Waals surface area contributed by atoms with Crippen LogP contribution >= 0.6 is 0 Å². The molecule has 0 bridgehead atoms. The number of aliphatic hydroxyl groups excluding tert-OH is 1. The number of benzene rings is 2. The molecule has 8 nitrogen and oxygen atoms in total. The first-order valence-electron chi connectivity index (χ1n) is 14.0. The summed E-state index contributed by atoms with van der Waals surface area (Å²) in [7, 11) is 1.62. The summed E-state index contributed by atoms with van der Waals surface area (Å²) in [5, 5.41) is 21.8. The normalized spacial score (nSPS) is 17.0. The Bertz CT molecular complexity index is 1140. The number of piperidine rings is 1. The third-order valence-electron chi connectivity index (χ3n) is 7.92. The molecule has 1 heterocycles. The van der Waals surface area contributed by atoms with E-state index in [9.17, 15) is 19.8 Å². The van der Waals surface area contributed by atoms with E-state index < -0.39 is 11.4 Å². The zero-order valence-corrected chi connectivity index (χ0v) is 23.3. The molecule has 1 amide bonds. The second kappa shape index (κ2) is 12.7. The van der Waals surface area contributed by atoms with Crippen LogP contribution in [0.1, 0.15) is 67.8 Å². The zero-order chi connectivity index (χ0) is 28.0. The van der Waals surface area contributed by atoms with E-state index in [0.717, 1.165) is 55.8 Å². The lowest BCUT2D eigenvalue weighted by Gasteiger charge is -2.34. The Morgan fingerprint density at radius 2 is 1.82 bits per heavy atom. The van der Waals surface area contributed by atoms with E-state index >= 15 is 0 Å². The number of ether oxygens (including phenoxy) is 2. The van der Waals surface area contributed by atoms with Crippen molar-refractivity contribution in [1.29, 1.82) is 0 Å². The smallest absolute Gasteiger partial charge is 0.303 e. The average Bonchev–Trinajstić information content (AvgIpc) is 3.79. The van der Waals surface area contributed by atoms with Crippen LogP contribution in [-0.4, -0.2) is 62.0 Å². The molecule has 39 heavy (non-hydrogen) atoms. The summed E-state index contributed by atoms with van der Waals surface area (Å²) in [5.74, 6) is 1.49. The number of carbonyl (C=O) groups is 2. The number of hydrogen-bond acceptors (Lipinski definition) is 6. The highest BCUT2D eigenvalue weighted by atomic mass is 16.5. The summed E-state index contributed by atoms with van der Waals surface area (Å²) in [6.07, 6.45) is 4.21. The molecule has 0 radical (unpaired) electrons. The van der Waals surface area contributed by atoms with Crippen LogP contribution in [0.4, 0.5) is 5.69 Å². The number of carboxylic acid groups (broad SMARTS) is 1. The molecular weight excluding hydrogens is 496 g/mol. The molecule has 2 aliphatic rings. The van der Waals surface area contributed by atoms with Crippen molar-refractivity contribution in [3.63, 3.8) is 0 Å². The standard InChI is InChI=1S/C31H42N2O6/c1-31(2,20-34)19-32-30(37)26-10-9-24(38-3)16-28(26)33-13-11-21(12-14-33)18-39-25-6-4-5-23(15-25)27(17-29(35)36)22-7-8-22/h4-6,9-10,15-16,21-22,27,34H,7-8,11-14,17-20H2,1-3H3,(H,32,37)(H,35,36). The van der Waals surface area contributed by atoms with Crippen molar-refractivity contribution in [2.45, 2.75) is 51.9 Å². The quantitative estimate of drug-likeness (QED) is 0.339. The minimum Gasteiger partial charge on any atom is -0.497 e. The van der Waals surface area contributed by atoms with Gasteiger partial charge in [-0.1, -0.05) is 26.0 Å². The lowest BCUT2D eigenvalue weighted by atomic mass is 9.91. The van der Waals surface area contributed by atoms with Gasteiger partial charge in [0.2, 0.25) is 0 Å². The zero-order valence-electron chi connectivity index (χ0n) is 23.3. The molecule has 212 valence electrons. The van der Waals surface area contributed by atoms with Crippen LogP contribution in [-0.2, 0) is 4.79 Å². The van der Waals surface area contributed by atoms with Crippen LogP contribution in [0.15, 0.2) is 42.5 Å². The van der Waals surface area contributed by atoms with Crippen LogP contribution in [0.2, 0.25) is 0 Å². The van der Waals surface area contributed by atoms with Crippen molar-refractivity contribution in [1.82, 2.24) is 5.32 Å². The van der Waals surface area contributed by atoms with Crippen molar-refractivity contribution in [2.75, 3.05) is 44.9 Å². The number of carboxylic acids is 1. The average molecular weight is 539 g/mol. The van der Waals surface area contributed by atoms with E-state index in [4.69, 9.17) is 9.47 Å². The maximum absolute atomic E-state index is 13.1. The fourth-order valence-electron chi connectivity index (χ4n) is 5.20. The van der Waals surface area contributed by atoms with E-state index in [-0.39, 0.29) is 24.9 Å². The molecule has 1 atom stereocenters. The minimum atomic E-state index is -0.754. The first-order valence-corrected chi connectivity index (χ1v) is 14.0. The molecule has 2 aromatic carbocycles. The van der Waals surface area contributed by atoms with Crippen LogP contribution in [0.25, 0.3) is 0 Å². The van der Waals surface area contributed by atoms with Crippen molar-refractivity contribution in [3.05, 3.63) is 53.6 Å². The number of hydrogen-bond donors (Lipinski definition) is 3. The summed E-state index contributed by atoms with van der Waals surface area (Å²) in [6, 6.07) is 13.5. The predicted octanol–water partition coefficient (Wildman–Crippen LogP) is 4.71. The summed E-state index contributed by atoms with van der Waals surface area (Å²) >= 11 is 0. The topological polar surface area (TPSA) is 108 Å². The molecule has 1 saturated heterocycles. The van der Waals surface area contributed by atoms with E-state index in [0.29, 0.717) is 36.3 Å². The van der Waals surface area contributed by atoms with Gasteiger partial charge >= 0.3 is 5.97 Å². The van der Waals surface area contributed by atoms with Gasteiger partial charge in [-0.3, -0.25) is 9.59 Å². The second-order valence-electron chi connectivity index (χ2n) is 11.7. The SMILES string of the molecule is COc1ccc(C(=O)NCC(C)(C)CO)c(N2CCC(COc3cccc(C(CC(=O)O)C4CC4)c3)CC2)c1. The Labute approximate surface area is 231 Å². The molecule has 2 aromatic rings. The van der Waals surface area contributed by atoms with Crippen molar-refractivity contribution >= 4 is 17.6 Å². The second-order valence-corrected chi connectivity index (χ2v) is 11.7. The Balaban J connectivity index is 1.35. The van der Waals surface area contributed by atoms with Gasteiger partial charge in [0, 0.05) is 37.7 Å². The molecule has 1 aliphatic carbocycles. The highest BCUT2D eigenvalue weighted by molar-refractivity contribution is 6.00. The fraction of sp³-hybridized carbons (Fsp3) is 0.548. The van der Waals surface area contributed by atoms with Crippen molar-refractivity contribution in [3.8, 4) is 11.5 Å². The lowest BCUT2D eigenvalue weighted by molar-refractivity contribution is -0.137. The number of anilines is 1. The fourth-order valence-corrected chi connectivity index (χ4v) is 5.20. The van der Waals surface area contributed by atoms with Gasteiger partial charge in [-0.05, 0) is 73.3 Å². The monoisotopic (exact) mass is 538 g/mol. The van der Waals surface area contributed by atoms with E-state index in [1.54, 1.807) is 19.2 Å². The minimum absolute atomic E-state index is 0.00787. The number of nitrogens with one attached hydrogen (secondary N) is 1. The van der Waals surface area contributed by atoms with Gasteiger partial charge in [-0.25, -0.2) is 0 Å². The number of aliphatic hydroxyl groups is 1. The Hall–Kier alpha value is -3.26. The largest absolute Gasteiger partial charge is 0.497 e. The van der Waals surface area contributed by atoms with Gasteiger partial charge in [0.05, 0.1) is 31.4 Å². The third kappa shape index (κ3) is 7.88. The van der Waals surface area contributed by atoms with Gasteiger partial charge in [-0.2, -0.15) is 0 Å². The number of methoxy groups -OCH3 is 1.